The number of halogens is 2. The molecule has 0 saturated heterocycles. The third kappa shape index (κ3) is 9.19. The van der Waals surface area contributed by atoms with E-state index in [0.717, 1.165) is 10.0 Å². The Morgan fingerprint density at radius 2 is 1.80 bits per heavy atom. The molecule has 0 aromatic heterocycles. The molecular weight excluding hydrogens is 684 g/mol. The largest absolute Gasteiger partial charge is 0.490 e. The van der Waals surface area contributed by atoms with Gasteiger partial charge in [0.15, 0.2) is 23.2 Å². The molecule has 3 aromatic rings. The van der Waals surface area contributed by atoms with Gasteiger partial charge in [0.2, 0.25) is 0 Å². The summed E-state index contributed by atoms with van der Waals surface area (Å²) >= 11 is 15.3. The maximum absolute atomic E-state index is 12.8. The number of esters is 1. The zero-order valence-electron chi connectivity index (χ0n) is 24.8. The van der Waals surface area contributed by atoms with E-state index in [1.54, 1.807) is 50.2 Å². The van der Waals surface area contributed by atoms with Crippen LogP contribution in [0.2, 0.25) is 5.02 Å². The second-order valence-corrected chi connectivity index (χ2v) is 11.3. The van der Waals surface area contributed by atoms with Crippen LogP contribution < -0.4 is 30.3 Å². The molecule has 3 aromatic carbocycles. The first-order valence-corrected chi connectivity index (χ1v) is 15.6. The van der Waals surface area contributed by atoms with Gasteiger partial charge in [-0.1, -0.05) is 57.9 Å². The lowest BCUT2D eigenvalue weighted by atomic mass is 9.95. The van der Waals surface area contributed by atoms with Crippen molar-refractivity contribution in [1.29, 1.82) is 0 Å². The van der Waals surface area contributed by atoms with Crippen LogP contribution in [-0.2, 0) is 20.9 Å². The first kappa shape index (κ1) is 33.8. The SMILES string of the molecule is CCOC(=O)C1=C(C)NC(=S)N[C@H]1c1ccccc1OCC(=O)NN=Cc1cc(Cl)c(OCc2ccc(Br)cc2)c(OCC)c1. The molecule has 13 heteroatoms. The van der Waals surface area contributed by atoms with Crippen LogP contribution in [0.3, 0.4) is 0 Å². The van der Waals surface area contributed by atoms with Crippen LogP contribution in [0.25, 0.3) is 0 Å². The molecular formula is C32H32BrClN4O6S. The van der Waals surface area contributed by atoms with Crippen molar-refractivity contribution < 1.29 is 28.5 Å². The minimum Gasteiger partial charge on any atom is -0.490 e. The Bertz CT molecular complexity index is 1620. The Balaban J connectivity index is 1.41. The van der Waals surface area contributed by atoms with E-state index in [1.165, 1.54) is 6.21 Å². The molecule has 4 rings (SSSR count). The number of hydrogen-bond donors (Lipinski definition) is 3. The van der Waals surface area contributed by atoms with E-state index < -0.39 is 17.9 Å². The van der Waals surface area contributed by atoms with Crippen LogP contribution in [-0.4, -0.2) is 43.0 Å². The summed E-state index contributed by atoms with van der Waals surface area (Å²) in [6.07, 6.45) is 1.44. The summed E-state index contributed by atoms with van der Waals surface area (Å²) < 4.78 is 23.8. The lowest BCUT2D eigenvalue weighted by Gasteiger charge is -2.30. The summed E-state index contributed by atoms with van der Waals surface area (Å²) in [5.41, 5.74) is 5.56. The van der Waals surface area contributed by atoms with E-state index in [4.69, 9.17) is 42.8 Å². The molecule has 236 valence electrons. The van der Waals surface area contributed by atoms with Gasteiger partial charge >= 0.3 is 5.97 Å². The predicted octanol–water partition coefficient (Wildman–Crippen LogP) is 5.97. The van der Waals surface area contributed by atoms with E-state index in [9.17, 15) is 9.59 Å². The number of carbonyl (C=O) groups is 2. The van der Waals surface area contributed by atoms with Gasteiger partial charge in [0.1, 0.15) is 12.4 Å². The van der Waals surface area contributed by atoms with Gasteiger partial charge in [-0.25, -0.2) is 10.2 Å². The number of amides is 1. The zero-order chi connectivity index (χ0) is 32.3. The Morgan fingerprint density at radius 1 is 1.04 bits per heavy atom. The van der Waals surface area contributed by atoms with Crippen LogP contribution in [0.1, 0.15) is 43.5 Å². The molecule has 0 aliphatic carbocycles. The number of carbonyl (C=O) groups excluding carboxylic acids is 2. The van der Waals surface area contributed by atoms with E-state index in [-0.39, 0.29) is 13.2 Å². The molecule has 10 nitrogen and oxygen atoms in total. The second-order valence-electron chi connectivity index (χ2n) is 9.59. The van der Waals surface area contributed by atoms with Gasteiger partial charge in [-0.2, -0.15) is 5.10 Å². The third-order valence-corrected chi connectivity index (χ3v) is 7.41. The van der Waals surface area contributed by atoms with Crippen LogP contribution in [0.5, 0.6) is 17.2 Å². The number of nitrogens with zero attached hydrogens (tertiary/aromatic N) is 1. The Morgan fingerprint density at radius 3 is 2.53 bits per heavy atom. The first-order chi connectivity index (χ1) is 21.7. The van der Waals surface area contributed by atoms with Crippen LogP contribution >= 0.6 is 39.7 Å². The van der Waals surface area contributed by atoms with Crippen molar-refractivity contribution in [2.45, 2.75) is 33.4 Å². The number of para-hydroxylation sites is 1. The number of nitrogens with one attached hydrogen (secondary N) is 3. The van der Waals surface area contributed by atoms with Gasteiger partial charge in [0.25, 0.3) is 5.91 Å². The maximum atomic E-state index is 12.8. The maximum Gasteiger partial charge on any atom is 0.338 e. The first-order valence-electron chi connectivity index (χ1n) is 14.0. The summed E-state index contributed by atoms with van der Waals surface area (Å²) in [6.45, 7) is 5.92. The number of hydrazone groups is 1. The fourth-order valence-corrected chi connectivity index (χ4v) is 5.22. The van der Waals surface area contributed by atoms with E-state index >= 15 is 0 Å². The third-order valence-electron chi connectivity index (χ3n) is 6.38. The predicted molar refractivity (Wildman–Crippen MR) is 180 cm³/mol. The lowest BCUT2D eigenvalue weighted by Crippen LogP contribution is -2.45. The fraction of sp³-hybridized carbons (Fsp3) is 0.250. The average molecular weight is 716 g/mol. The fourth-order valence-electron chi connectivity index (χ4n) is 4.41. The molecule has 1 amide bonds. The normalized spacial score (nSPS) is 14.4. The molecule has 0 fully saturated rings. The van der Waals surface area contributed by atoms with E-state index in [2.05, 4.69) is 37.1 Å². The van der Waals surface area contributed by atoms with Gasteiger partial charge in [0.05, 0.1) is 36.1 Å². The summed E-state index contributed by atoms with van der Waals surface area (Å²) in [5.74, 6) is 0.265. The molecule has 0 bridgehead atoms. The number of allylic oxidation sites excluding steroid dienone is 1. The molecule has 1 aliphatic heterocycles. The highest BCUT2D eigenvalue weighted by Crippen LogP contribution is 2.37. The van der Waals surface area contributed by atoms with Gasteiger partial charge < -0.3 is 29.6 Å². The zero-order valence-corrected chi connectivity index (χ0v) is 28.0. The number of thiocarbonyl (C=S) groups is 1. The Kier molecular flexibility index (Phi) is 12.2. The number of rotatable bonds is 13. The number of hydrogen-bond acceptors (Lipinski definition) is 8. The second kappa shape index (κ2) is 16.3. The minimum atomic E-state index is -0.638. The van der Waals surface area contributed by atoms with Crippen molar-refractivity contribution in [1.82, 2.24) is 16.1 Å². The smallest absolute Gasteiger partial charge is 0.338 e. The van der Waals surface area contributed by atoms with E-state index in [1.807, 2.05) is 31.2 Å². The molecule has 0 saturated carbocycles. The number of ether oxygens (including phenoxy) is 4. The molecule has 1 aliphatic rings. The van der Waals surface area contributed by atoms with Crippen molar-refractivity contribution in [3.63, 3.8) is 0 Å². The molecule has 0 unspecified atom stereocenters. The van der Waals surface area contributed by atoms with Crippen molar-refractivity contribution in [2.75, 3.05) is 19.8 Å². The van der Waals surface area contributed by atoms with Crippen LogP contribution in [0.4, 0.5) is 0 Å². The minimum absolute atomic E-state index is 0.218. The summed E-state index contributed by atoms with van der Waals surface area (Å²) in [4.78, 5) is 25.4. The van der Waals surface area contributed by atoms with Crippen molar-refractivity contribution >= 4 is 63.0 Å². The standard InChI is InChI=1S/C32H32BrClN4O6S/c1-4-41-26-15-21(14-24(34)30(26)44-17-20-10-12-22(33)13-11-20)16-35-38-27(39)18-43-25-9-7-6-8-23(25)29-28(31(40)42-5-2)19(3)36-32(45)37-29/h6-16,29H,4-5,17-18H2,1-3H3,(H,38,39)(H2,36,37,45)/t29-/m0/s1. The summed E-state index contributed by atoms with van der Waals surface area (Å²) in [5, 5.41) is 10.8. The summed E-state index contributed by atoms with van der Waals surface area (Å²) in [7, 11) is 0. The highest BCUT2D eigenvalue weighted by molar-refractivity contribution is 9.10. The molecule has 45 heavy (non-hydrogen) atoms. The van der Waals surface area contributed by atoms with Gasteiger partial charge in [-0.15, -0.1) is 0 Å². The Labute approximate surface area is 280 Å². The highest BCUT2D eigenvalue weighted by Gasteiger charge is 2.32. The quantitative estimate of drug-likeness (QED) is 0.0852. The van der Waals surface area contributed by atoms with Crippen molar-refractivity contribution in [3.8, 4) is 17.2 Å². The van der Waals surface area contributed by atoms with Gasteiger partial charge in [-0.3, -0.25) is 4.79 Å². The van der Waals surface area contributed by atoms with Gasteiger partial charge in [0, 0.05) is 15.7 Å². The van der Waals surface area contributed by atoms with Gasteiger partial charge in [-0.05, 0) is 74.4 Å². The average Bonchev–Trinajstić information content (AvgIpc) is 3.00. The molecule has 1 atom stereocenters. The number of benzene rings is 3. The molecule has 0 radical (unpaired) electrons. The van der Waals surface area contributed by atoms with Crippen molar-refractivity contribution in [3.05, 3.63) is 98.1 Å². The highest BCUT2D eigenvalue weighted by atomic mass is 79.9. The van der Waals surface area contributed by atoms with E-state index in [0.29, 0.717) is 63.0 Å². The van der Waals surface area contributed by atoms with Crippen molar-refractivity contribution in [2.24, 2.45) is 5.10 Å². The topological polar surface area (TPSA) is 120 Å². The molecule has 3 N–H and O–H groups in total. The monoisotopic (exact) mass is 714 g/mol. The lowest BCUT2D eigenvalue weighted by molar-refractivity contribution is -0.139. The Hall–Kier alpha value is -4.13. The molecule has 0 spiro atoms. The summed E-state index contributed by atoms with van der Waals surface area (Å²) in [6, 6.07) is 17.6. The van der Waals surface area contributed by atoms with Crippen LogP contribution in [0.15, 0.2) is 81.5 Å². The molecule has 1 heterocycles. The van der Waals surface area contributed by atoms with Crippen LogP contribution in [0, 0.1) is 0 Å².